The number of hydrogen-bond acceptors (Lipinski definition) is 4. The normalized spacial score (nSPS) is 21.6. The molecule has 2 aromatic carbocycles. The van der Waals surface area contributed by atoms with Crippen molar-refractivity contribution in [1.82, 2.24) is 9.55 Å². The Bertz CT molecular complexity index is 1380. The van der Waals surface area contributed by atoms with E-state index >= 15 is 0 Å². The minimum Gasteiger partial charge on any atom is -0.482 e. The number of aromatic nitrogens is 2. The zero-order chi connectivity index (χ0) is 20.5. The lowest BCUT2D eigenvalue weighted by atomic mass is 9.81. The van der Waals surface area contributed by atoms with Gasteiger partial charge in [-0.05, 0) is 44.2 Å². The lowest BCUT2D eigenvalue weighted by Gasteiger charge is -2.37. The van der Waals surface area contributed by atoms with Gasteiger partial charge in [-0.3, -0.25) is 9.36 Å². The van der Waals surface area contributed by atoms with Crippen LogP contribution in [-0.4, -0.2) is 15.3 Å². The summed E-state index contributed by atoms with van der Waals surface area (Å²) in [5.74, 6) is 1.90. The Kier molecular flexibility index (Phi) is 3.69. The van der Waals surface area contributed by atoms with Crippen LogP contribution < -0.4 is 10.3 Å². The highest BCUT2D eigenvalue weighted by atomic mass is 32.2. The second-order valence-electron chi connectivity index (χ2n) is 8.17. The Labute approximate surface area is 178 Å². The molecule has 4 nitrogen and oxygen atoms in total. The zero-order valence-electron chi connectivity index (χ0n) is 16.8. The summed E-state index contributed by atoms with van der Waals surface area (Å²) >= 11 is 1.75. The van der Waals surface area contributed by atoms with Gasteiger partial charge >= 0.3 is 0 Å². The van der Waals surface area contributed by atoms with E-state index < -0.39 is 5.60 Å². The Morgan fingerprint density at radius 1 is 1.13 bits per heavy atom. The number of nitrogens with zero attached hydrogens (tertiary/aromatic N) is 2. The second-order valence-corrected chi connectivity index (χ2v) is 9.20. The van der Waals surface area contributed by atoms with Crippen molar-refractivity contribution in [3.05, 3.63) is 93.9 Å². The van der Waals surface area contributed by atoms with Gasteiger partial charge in [0.1, 0.15) is 17.0 Å². The van der Waals surface area contributed by atoms with Gasteiger partial charge < -0.3 is 4.74 Å². The van der Waals surface area contributed by atoms with Crippen LogP contribution in [0.25, 0.3) is 16.7 Å². The molecular formula is C25H20N2O2S. The first-order valence-electron chi connectivity index (χ1n) is 10.1. The molecule has 0 bridgehead atoms. The molecular weight excluding hydrogens is 392 g/mol. The molecule has 0 saturated carbocycles. The third kappa shape index (κ3) is 2.30. The number of benzene rings is 2. The molecule has 0 aliphatic carbocycles. The molecule has 2 atom stereocenters. The maximum absolute atomic E-state index is 14.0. The molecule has 4 aromatic rings. The van der Waals surface area contributed by atoms with Crippen LogP contribution in [0.5, 0.6) is 5.75 Å². The highest BCUT2D eigenvalue weighted by molar-refractivity contribution is 7.99. The summed E-state index contributed by atoms with van der Waals surface area (Å²) in [5, 5.41) is 0.997. The smallest absolute Gasteiger partial charge is 0.265 e. The minimum atomic E-state index is -0.700. The Morgan fingerprint density at radius 2 is 1.97 bits per heavy atom. The first-order valence-corrected chi connectivity index (χ1v) is 11.1. The van der Waals surface area contributed by atoms with Crippen molar-refractivity contribution < 1.29 is 4.74 Å². The fraction of sp³-hybridized carbons (Fsp3) is 0.200. The van der Waals surface area contributed by atoms with Gasteiger partial charge in [0.25, 0.3) is 5.56 Å². The van der Waals surface area contributed by atoms with Crippen LogP contribution in [0.2, 0.25) is 0 Å². The molecule has 0 amide bonds. The van der Waals surface area contributed by atoms with Crippen LogP contribution >= 0.6 is 11.8 Å². The highest BCUT2D eigenvalue weighted by Crippen LogP contribution is 2.57. The average molecular weight is 413 g/mol. The quantitative estimate of drug-likeness (QED) is 0.431. The van der Waals surface area contributed by atoms with Gasteiger partial charge in [0.2, 0.25) is 0 Å². The molecule has 0 saturated heterocycles. The molecule has 148 valence electrons. The van der Waals surface area contributed by atoms with Crippen LogP contribution in [-0.2, 0) is 5.60 Å². The van der Waals surface area contributed by atoms with Gasteiger partial charge in [-0.15, -0.1) is 11.8 Å². The monoisotopic (exact) mass is 412 g/mol. The first-order chi connectivity index (χ1) is 14.6. The Balaban J connectivity index is 1.70. The van der Waals surface area contributed by atoms with Gasteiger partial charge in [0.15, 0.2) is 0 Å². The van der Waals surface area contributed by atoms with Crippen LogP contribution in [0.1, 0.15) is 29.5 Å². The molecule has 0 spiro atoms. The van der Waals surface area contributed by atoms with E-state index in [2.05, 4.69) is 37.0 Å². The van der Waals surface area contributed by atoms with Gasteiger partial charge in [-0.25, -0.2) is 4.98 Å². The molecule has 2 aromatic heterocycles. The molecule has 6 rings (SSSR count). The number of rotatable bonds is 1. The average Bonchev–Trinajstić information content (AvgIpc) is 3.05. The predicted octanol–water partition coefficient (Wildman–Crippen LogP) is 5.19. The van der Waals surface area contributed by atoms with E-state index in [0.717, 1.165) is 33.0 Å². The van der Waals surface area contributed by atoms with Crippen molar-refractivity contribution in [2.24, 2.45) is 0 Å². The Morgan fingerprint density at radius 3 is 2.80 bits per heavy atom. The van der Waals surface area contributed by atoms with Crippen LogP contribution in [0.15, 0.2) is 76.6 Å². The summed E-state index contributed by atoms with van der Waals surface area (Å²) in [6.45, 7) is 4.17. The third-order valence-corrected chi connectivity index (χ3v) is 7.53. The highest BCUT2D eigenvalue weighted by Gasteiger charge is 2.52. The van der Waals surface area contributed by atoms with E-state index in [1.165, 1.54) is 11.1 Å². The predicted molar refractivity (Wildman–Crippen MR) is 120 cm³/mol. The maximum atomic E-state index is 14.0. The zero-order valence-corrected chi connectivity index (χ0v) is 17.6. The van der Waals surface area contributed by atoms with E-state index in [1.807, 2.05) is 42.5 Å². The molecule has 2 aliphatic heterocycles. The molecule has 30 heavy (non-hydrogen) atoms. The summed E-state index contributed by atoms with van der Waals surface area (Å²) in [6, 6.07) is 20.0. The lowest BCUT2D eigenvalue weighted by molar-refractivity contribution is 0.0872. The molecule has 0 radical (unpaired) electrons. The summed E-state index contributed by atoms with van der Waals surface area (Å²) in [4.78, 5) is 19.6. The number of fused-ring (bicyclic) bond motifs is 7. The van der Waals surface area contributed by atoms with Gasteiger partial charge in [0, 0.05) is 33.7 Å². The number of aryl methyl sites for hydroxylation is 1. The molecule has 0 unspecified atom stereocenters. The fourth-order valence-corrected chi connectivity index (χ4v) is 6.45. The number of hydrogen-bond donors (Lipinski definition) is 0. The largest absolute Gasteiger partial charge is 0.482 e. The van der Waals surface area contributed by atoms with E-state index in [1.54, 1.807) is 22.5 Å². The first kappa shape index (κ1) is 17.8. The van der Waals surface area contributed by atoms with Crippen LogP contribution in [0, 0.1) is 6.92 Å². The lowest BCUT2D eigenvalue weighted by Crippen LogP contribution is -2.43. The number of thioether (sulfide) groups is 1. The van der Waals surface area contributed by atoms with Gasteiger partial charge in [-0.1, -0.05) is 35.9 Å². The topological polar surface area (TPSA) is 44.1 Å². The van der Waals surface area contributed by atoms with E-state index in [-0.39, 0.29) is 11.5 Å². The summed E-state index contributed by atoms with van der Waals surface area (Å²) in [7, 11) is 0. The van der Waals surface area contributed by atoms with Crippen molar-refractivity contribution in [2.45, 2.75) is 30.3 Å². The molecule has 0 fully saturated rings. The van der Waals surface area contributed by atoms with E-state index in [4.69, 9.17) is 4.74 Å². The Hall–Kier alpha value is -3.05. The molecule has 0 N–H and O–H groups in total. The third-order valence-electron chi connectivity index (χ3n) is 6.32. The maximum Gasteiger partial charge on any atom is 0.265 e. The summed E-state index contributed by atoms with van der Waals surface area (Å²) < 4.78 is 8.29. The molecule has 4 heterocycles. The minimum absolute atomic E-state index is 0.0494. The van der Waals surface area contributed by atoms with Crippen molar-refractivity contribution in [3.63, 3.8) is 0 Å². The van der Waals surface area contributed by atoms with E-state index in [0.29, 0.717) is 5.65 Å². The summed E-state index contributed by atoms with van der Waals surface area (Å²) in [6.07, 6.45) is 1.75. The number of ether oxygens (including phenoxy) is 1. The standard InChI is InChI=1S/C25H20N2O2S/c1-15-10-11-20-18(13-15)19-14-30-22-17-9-6-12-26-23(17)27(16-7-4-3-5-8-16)24(28)21(22)25(19,2)29-20/h3-13,19H,14H2,1-2H3/t19-,25+/m1/s1. The SMILES string of the molecule is Cc1ccc2c(c1)[C@H]1CSc3c(c(=O)n(-c4ccccc4)c4ncccc34)[C@@]1(C)O2. The van der Waals surface area contributed by atoms with E-state index in [9.17, 15) is 4.79 Å². The van der Waals surface area contributed by atoms with Crippen LogP contribution in [0.4, 0.5) is 0 Å². The number of pyridine rings is 2. The molecule has 2 aliphatic rings. The van der Waals surface area contributed by atoms with Crippen molar-refractivity contribution >= 4 is 22.8 Å². The van der Waals surface area contributed by atoms with Gasteiger partial charge in [0.05, 0.1) is 11.3 Å². The second kappa shape index (κ2) is 6.22. The van der Waals surface area contributed by atoms with Crippen molar-refractivity contribution in [3.8, 4) is 11.4 Å². The van der Waals surface area contributed by atoms with Crippen molar-refractivity contribution in [1.29, 1.82) is 0 Å². The number of para-hydroxylation sites is 1. The summed E-state index contributed by atoms with van der Waals surface area (Å²) in [5.41, 5.74) is 3.90. The van der Waals surface area contributed by atoms with Crippen molar-refractivity contribution in [2.75, 3.05) is 5.75 Å². The fourth-order valence-electron chi connectivity index (χ4n) is 4.87. The molecule has 5 heteroatoms. The van der Waals surface area contributed by atoms with Crippen LogP contribution in [0.3, 0.4) is 0 Å². The van der Waals surface area contributed by atoms with Gasteiger partial charge in [-0.2, -0.15) is 0 Å².